The van der Waals surface area contributed by atoms with Crippen LogP contribution < -0.4 is 0 Å². The van der Waals surface area contributed by atoms with E-state index in [0.717, 1.165) is 11.8 Å². The van der Waals surface area contributed by atoms with Gasteiger partial charge in [0.1, 0.15) is 0 Å². The van der Waals surface area contributed by atoms with Crippen molar-refractivity contribution >= 4 is 0 Å². The summed E-state index contributed by atoms with van der Waals surface area (Å²) in [7, 11) is 0. The lowest BCUT2D eigenvalue weighted by molar-refractivity contribution is 0.509. The quantitative estimate of drug-likeness (QED) is 0.359. The topological polar surface area (TPSA) is 0 Å². The number of unbranched alkanes of at least 4 members (excludes halogenated alkanes) is 2. The zero-order valence-corrected chi connectivity index (χ0v) is 17.5. The highest BCUT2D eigenvalue weighted by molar-refractivity contribution is 4.46. The van der Waals surface area contributed by atoms with Gasteiger partial charge in [-0.05, 0) is 11.8 Å². The molecule has 0 bridgehead atoms. The van der Waals surface area contributed by atoms with Crippen LogP contribution in [-0.4, -0.2) is 0 Å². The summed E-state index contributed by atoms with van der Waals surface area (Å²) in [6.07, 6.45) is 12.2. The Morgan fingerprint density at radius 1 is 0.414 bits per heavy atom. The summed E-state index contributed by atoms with van der Waals surface area (Å²) in [5.41, 5.74) is 0. The molecule has 0 heterocycles. The third kappa shape index (κ3) is 131. The minimum atomic E-state index is 0. The molecule has 0 rings (SSSR count). The third-order valence-electron chi connectivity index (χ3n) is 3.66. The van der Waals surface area contributed by atoms with Crippen LogP contribution in [0.4, 0.5) is 0 Å². The van der Waals surface area contributed by atoms with Crippen molar-refractivity contribution in [2.24, 2.45) is 11.8 Å². The van der Waals surface area contributed by atoms with E-state index in [9.17, 15) is 0 Å². The maximum absolute atomic E-state index is 2.31. The van der Waals surface area contributed by atoms with E-state index in [2.05, 4.69) is 55.4 Å². The van der Waals surface area contributed by atoms with Crippen LogP contribution in [0.1, 0.15) is 186 Å². The van der Waals surface area contributed by atoms with Crippen LogP contribution in [0.3, 0.4) is 0 Å². The van der Waals surface area contributed by atoms with E-state index in [1.807, 2.05) is 13.8 Å². The summed E-state index contributed by atoms with van der Waals surface area (Å²) in [4.78, 5) is 0. The third-order valence-corrected chi connectivity index (χ3v) is 3.66. The van der Waals surface area contributed by atoms with Gasteiger partial charge < -0.3 is 0 Å². The molecule has 0 aliphatic carbocycles. The summed E-state index contributed by atoms with van der Waals surface area (Å²) in [6, 6.07) is 0. The number of hydrogen-bond acceptors (Lipinski definition) is 0. The first-order valence-corrected chi connectivity index (χ1v) is 10.0. The van der Waals surface area contributed by atoms with Crippen LogP contribution in [-0.2, 0) is 0 Å². The van der Waals surface area contributed by atoms with Gasteiger partial charge in [-0.3, -0.25) is 0 Å². The van der Waals surface area contributed by atoms with E-state index >= 15 is 0 Å². The molecule has 0 aromatic rings. The van der Waals surface area contributed by atoms with Crippen LogP contribution in [0, 0.1) is 11.8 Å². The zero-order chi connectivity index (χ0) is 17.5. The second-order valence-corrected chi connectivity index (χ2v) is 5.96. The Morgan fingerprint density at radius 3 is 0.655 bits per heavy atom. The highest BCUT2D eigenvalue weighted by Crippen LogP contribution is 2.07. The summed E-state index contributed by atoms with van der Waals surface area (Å²) < 4.78 is 0. The van der Waals surface area contributed by atoms with E-state index in [0.29, 0.717) is 0 Å². The van der Waals surface area contributed by atoms with Crippen LogP contribution >= 0.6 is 0 Å². The van der Waals surface area contributed by atoms with Crippen molar-refractivity contribution in [1.82, 2.24) is 0 Å². The molecule has 0 nitrogen and oxygen atoms in total. The normalized spacial score (nSPS) is 8.48. The van der Waals surface area contributed by atoms with E-state index in [-0.39, 0.29) is 59.4 Å². The summed E-state index contributed by atoms with van der Waals surface area (Å²) in [5, 5.41) is 0. The molecule has 0 radical (unpaired) electrons. The highest BCUT2D eigenvalue weighted by Gasteiger charge is 1.93. The average Bonchev–Trinajstić information content (AvgIpc) is 2.51. The van der Waals surface area contributed by atoms with Crippen molar-refractivity contribution in [1.29, 1.82) is 0 Å². The van der Waals surface area contributed by atoms with Gasteiger partial charge in [-0.15, -0.1) is 0 Å². The first-order chi connectivity index (χ1) is 10.0. The molecule has 29 heavy (non-hydrogen) atoms. The van der Waals surface area contributed by atoms with Gasteiger partial charge in [0.15, 0.2) is 0 Å². The Kier molecular flexibility index (Phi) is 246. The van der Waals surface area contributed by atoms with Crippen molar-refractivity contribution in [3.05, 3.63) is 0 Å². The van der Waals surface area contributed by atoms with Gasteiger partial charge in [-0.1, -0.05) is 186 Å². The van der Waals surface area contributed by atoms with Gasteiger partial charge in [0.25, 0.3) is 0 Å². The van der Waals surface area contributed by atoms with Crippen molar-refractivity contribution < 1.29 is 0 Å². The van der Waals surface area contributed by atoms with Crippen molar-refractivity contribution in [2.45, 2.75) is 186 Å². The molecule has 0 spiro atoms. The fraction of sp³-hybridized carbons (Fsp3) is 1.00. The Labute approximate surface area is 198 Å². The summed E-state index contributed by atoms with van der Waals surface area (Å²) in [5.74, 6) is 1.90. The molecule has 0 aliphatic rings. The van der Waals surface area contributed by atoms with Crippen molar-refractivity contribution in [3.63, 3.8) is 0 Å². The van der Waals surface area contributed by atoms with Crippen molar-refractivity contribution in [2.75, 3.05) is 0 Å². The molecule has 0 N–H and O–H groups in total. The zero-order valence-electron chi connectivity index (χ0n) is 17.5. The first-order valence-electron chi connectivity index (χ1n) is 10.0. The molecule has 2 atom stereocenters. The molecule has 0 saturated heterocycles. The van der Waals surface area contributed by atoms with Gasteiger partial charge in [0, 0.05) is 0 Å². The molecule has 0 amide bonds. The SMILES string of the molecule is C.C.C.C.C.C.C.C.CC.CCCC(C)CC.CCCC(C)CC.CCCCC. The average molecular weight is 431 g/mol. The lowest BCUT2D eigenvalue weighted by Crippen LogP contribution is -1.88. The highest BCUT2D eigenvalue weighted by atomic mass is 14.0. The molecular formula is C29H82. The lowest BCUT2D eigenvalue weighted by atomic mass is 10.0. The Hall–Kier alpha value is 0. The number of rotatable bonds is 8. The first kappa shape index (κ1) is 78.7. The van der Waals surface area contributed by atoms with E-state index < -0.39 is 0 Å². The van der Waals surface area contributed by atoms with Gasteiger partial charge in [-0.25, -0.2) is 0 Å². The maximum atomic E-state index is 2.31. The standard InChI is InChI=1S/2C7H16.C5H12.C2H6.8CH4/c2*1-4-6-7(3)5-2;1-3-5-4-2;1-2;;;;;;;;/h2*7H,4-6H2,1-3H3;3-5H2,1-2H3;1-2H3;8*1H4. The van der Waals surface area contributed by atoms with E-state index in [1.165, 1.54) is 57.8 Å². The summed E-state index contributed by atoms with van der Waals surface area (Å²) >= 11 is 0. The Morgan fingerprint density at radius 2 is 0.621 bits per heavy atom. The molecule has 0 aromatic carbocycles. The largest absolute Gasteiger partial charge is 0.0776 e. The van der Waals surface area contributed by atoms with Crippen LogP contribution in [0.15, 0.2) is 0 Å². The van der Waals surface area contributed by atoms with Gasteiger partial charge in [-0.2, -0.15) is 0 Å². The smallest absolute Gasteiger partial charge is 0.0446 e. The molecule has 0 aliphatic heterocycles. The van der Waals surface area contributed by atoms with E-state index in [4.69, 9.17) is 0 Å². The fourth-order valence-corrected chi connectivity index (χ4v) is 1.75. The molecule has 0 aromatic heterocycles. The molecule has 0 heteroatoms. The molecule has 2 unspecified atom stereocenters. The predicted octanol–water partition coefficient (Wildman–Crippen LogP) is 14.0. The van der Waals surface area contributed by atoms with Crippen LogP contribution in [0.2, 0.25) is 0 Å². The van der Waals surface area contributed by atoms with Gasteiger partial charge in [0.2, 0.25) is 0 Å². The molecular weight excluding hydrogens is 348 g/mol. The Balaban J connectivity index is -0.0000000127. The number of hydrogen-bond donors (Lipinski definition) is 0. The fourth-order valence-electron chi connectivity index (χ4n) is 1.75. The molecule has 0 fully saturated rings. The minimum absolute atomic E-state index is 0. The monoisotopic (exact) mass is 431 g/mol. The van der Waals surface area contributed by atoms with Gasteiger partial charge >= 0.3 is 0 Å². The molecule has 198 valence electrons. The predicted molar refractivity (Wildman–Crippen MR) is 159 cm³/mol. The van der Waals surface area contributed by atoms with Gasteiger partial charge in [0.05, 0.1) is 0 Å². The lowest BCUT2D eigenvalue weighted by Gasteiger charge is -2.02. The Bertz CT molecular complexity index is 103. The maximum Gasteiger partial charge on any atom is -0.0446 e. The second-order valence-electron chi connectivity index (χ2n) is 5.96. The summed E-state index contributed by atoms with van der Waals surface area (Å²) in [6.45, 7) is 22.0. The van der Waals surface area contributed by atoms with Crippen LogP contribution in [0.25, 0.3) is 0 Å². The van der Waals surface area contributed by atoms with Crippen LogP contribution in [0.5, 0.6) is 0 Å². The molecule has 0 saturated carbocycles. The second kappa shape index (κ2) is 90.7. The minimum Gasteiger partial charge on any atom is -0.0776 e. The van der Waals surface area contributed by atoms with E-state index in [1.54, 1.807) is 0 Å². The van der Waals surface area contributed by atoms with Crippen molar-refractivity contribution in [3.8, 4) is 0 Å².